The van der Waals surface area contributed by atoms with Gasteiger partial charge in [-0.25, -0.2) is 4.68 Å². The maximum Gasteiger partial charge on any atom is 0.287 e. The van der Waals surface area contributed by atoms with Gasteiger partial charge in [0.05, 0.1) is 28.7 Å². The van der Waals surface area contributed by atoms with E-state index in [1.165, 1.54) is 4.68 Å². The van der Waals surface area contributed by atoms with E-state index in [-0.39, 0.29) is 46.7 Å². The first-order chi connectivity index (χ1) is 26.4. The highest BCUT2D eigenvalue weighted by Gasteiger charge is 2.47. The highest BCUT2D eigenvalue weighted by atomic mass is 35.5. The zero-order valence-electron chi connectivity index (χ0n) is 31.1. The molecule has 3 atom stereocenters. The van der Waals surface area contributed by atoms with E-state index in [2.05, 4.69) is 44.7 Å². The quantitative estimate of drug-likeness (QED) is 0.357. The van der Waals surface area contributed by atoms with Crippen LogP contribution in [0.25, 0.3) is 0 Å². The lowest BCUT2D eigenvalue weighted by atomic mass is 9.71. The van der Waals surface area contributed by atoms with Crippen molar-refractivity contribution in [2.24, 2.45) is 12.5 Å². The third-order valence-corrected chi connectivity index (χ3v) is 12.8. The number of halogens is 1. The molecule has 2 aromatic carbocycles. The summed E-state index contributed by atoms with van der Waals surface area (Å²) < 4.78 is 1.22. The van der Waals surface area contributed by atoms with Gasteiger partial charge in [0, 0.05) is 64.3 Å². The Bertz CT molecular complexity index is 2120. The van der Waals surface area contributed by atoms with Crippen LogP contribution in [-0.2, 0) is 16.6 Å². The third kappa shape index (κ3) is 6.90. The summed E-state index contributed by atoms with van der Waals surface area (Å²) in [5.41, 5.74) is 3.45. The Hall–Kier alpha value is -5.08. The van der Waals surface area contributed by atoms with Crippen molar-refractivity contribution >= 4 is 52.5 Å². The van der Waals surface area contributed by atoms with E-state index in [1.807, 2.05) is 23.1 Å². The molecule has 3 aromatic rings. The molecule has 1 unspecified atom stereocenters. The van der Waals surface area contributed by atoms with E-state index >= 15 is 0 Å². The number of likely N-dealkylation sites (N-methyl/N-ethyl adjacent to an activating group) is 1. The predicted octanol–water partition coefficient (Wildman–Crippen LogP) is 3.26. The van der Waals surface area contributed by atoms with Crippen LogP contribution in [0.1, 0.15) is 87.5 Å². The molecule has 5 aliphatic heterocycles. The van der Waals surface area contributed by atoms with Gasteiger partial charge in [0.25, 0.3) is 23.3 Å². The van der Waals surface area contributed by atoms with Crippen molar-refractivity contribution in [1.82, 2.24) is 29.8 Å². The Labute approximate surface area is 323 Å². The summed E-state index contributed by atoms with van der Waals surface area (Å²) in [4.78, 5) is 84.7. The number of fused-ring (bicyclic) bond motifs is 1. The van der Waals surface area contributed by atoms with E-state index in [4.69, 9.17) is 11.6 Å². The molecule has 6 heterocycles. The number of carbonyl (C=O) groups excluding carboxylic acids is 5. The molecule has 288 valence electrons. The van der Waals surface area contributed by atoms with Crippen LogP contribution in [0.15, 0.2) is 53.5 Å². The van der Waals surface area contributed by atoms with Crippen LogP contribution in [0, 0.1) is 5.41 Å². The molecule has 4 fully saturated rings. The van der Waals surface area contributed by atoms with E-state index in [1.54, 1.807) is 25.4 Å². The number of anilines is 2. The molecule has 15 heteroatoms. The van der Waals surface area contributed by atoms with Gasteiger partial charge in [0.15, 0.2) is 0 Å². The third-order valence-electron chi connectivity index (χ3n) is 12.4. The number of rotatable bonds is 6. The van der Waals surface area contributed by atoms with Gasteiger partial charge in [0.1, 0.15) is 11.1 Å². The van der Waals surface area contributed by atoms with Crippen molar-refractivity contribution in [2.75, 3.05) is 56.5 Å². The molecule has 1 spiro atoms. The smallest absolute Gasteiger partial charge is 0.287 e. The first kappa shape index (κ1) is 36.9. The molecule has 0 bridgehead atoms. The summed E-state index contributed by atoms with van der Waals surface area (Å²) in [7, 11) is 3.64. The van der Waals surface area contributed by atoms with Crippen molar-refractivity contribution in [3.05, 3.63) is 86.3 Å². The van der Waals surface area contributed by atoms with Gasteiger partial charge in [-0.05, 0) is 86.7 Å². The van der Waals surface area contributed by atoms with Gasteiger partial charge < -0.3 is 20.0 Å². The minimum atomic E-state index is -0.999. The molecule has 0 aliphatic carbocycles. The van der Waals surface area contributed by atoms with E-state index in [0.717, 1.165) is 55.7 Å². The molecule has 55 heavy (non-hydrogen) atoms. The second-order valence-electron chi connectivity index (χ2n) is 15.8. The number of benzene rings is 2. The molecular weight excluding hydrogens is 724 g/mol. The highest BCUT2D eigenvalue weighted by molar-refractivity contribution is 6.33. The molecule has 0 saturated carbocycles. The van der Waals surface area contributed by atoms with Crippen LogP contribution < -0.4 is 21.1 Å². The standard InChI is InChI=1S/C40H45ClN8O6/c1-45-22-26(20-27(23-45)43-29-21-42-46(2)39(55)34(29)41)24-6-8-25(9-7-24)36(52)48-18-14-40(15-19-48)12-16-47(17-13-40)30-5-3-4-28-33(30)38(54)49(37(28)53)31-10-11-32(50)44-35(31)51/h3-9,21,26-27,31,43H,10-20,22-23H2,1-2H3,(H,44,50,51)/t26-,27+,31?/m0/s1. The Balaban J connectivity index is 0.862. The molecular formula is C40H45ClN8O6. The Morgan fingerprint density at radius 1 is 0.909 bits per heavy atom. The minimum Gasteiger partial charge on any atom is -0.378 e. The predicted molar refractivity (Wildman–Crippen MR) is 205 cm³/mol. The van der Waals surface area contributed by atoms with Crippen LogP contribution in [0.3, 0.4) is 0 Å². The first-order valence-electron chi connectivity index (χ1n) is 19.1. The number of carbonyl (C=O) groups is 5. The number of hydrogen-bond donors (Lipinski definition) is 2. The summed E-state index contributed by atoms with van der Waals surface area (Å²) in [6.07, 6.45) is 6.23. The second-order valence-corrected chi connectivity index (χ2v) is 16.2. The van der Waals surface area contributed by atoms with E-state index < -0.39 is 29.7 Å². The zero-order valence-corrected chi connectivity index (χ0v) is 31.8. The van der Waals surface area contributed by atoms with E-state index in [9.17, 15) is 28.8 Å². The SMILES string of the molecule is CN1C[C@H](Nc2cnn(C)c(=O)c2Cl)C[C@H](c2ccc(C(=O)N3CCC4(CC3)CCN(c3cccc5c3C(=O)N(C3CCC(=O)NC3=O)C5=O)CC4)cc2)C1. The number of amides is 5. The lowest BCUT2D eigenvalue weighted by molar-refractivity contribution is -0.136. The van der Waals surface area contributed by atoms with Gasteiger partial charge >= 0.3 is 0 Å². The zero-order chi connectivity index (χ0) is 38.6. The van der Waals surface area contributed by atoms with Crippen LogP contribution in [0.2, 0.25) is 5.02 Å². The van der Waals surface area contributed by atoms with Crippen LogP contribution in [0.4, 0.5) is 11.4 Å². The topological polar surface area (TPSA) is 157 Å². The molecule has 2 N–H and O–H groups in total. The maximum absolute atomic E-state index is 13.7. The number of aryl methyl sites for hydroxylation is 1. The van der Waals surface area contributed by atoms with Gasteiger partial charge in [0.2, 0.25) is 11.8 Å². The number of nitrogens with zero attached hydrogens (tertiary/aromatic N) is 6. The van der Waals surface area contributed by atoms with Crippen LogP contribution >= 0.6 is 11.6 Å². The van der Waals surface area contributed by atoms with Gasteiger partial charge in [-0.2, -0.15) is 5.10 Å². The van der Waals surface area contributed by atoms with Gasteiger partial charge in [-0.15, -0.1) is 0 Å². The van der Waals surface area contributed by atoms with Crippen molar-refractivity contribution in [3.8, 4) is 0 Å². The number of piperidine rings is 4. The van der Waals surface area contributed by atoms with Gasteiger partial charge in [-0.3, -0.25) is 39.0 Å². The molecule has 5 aliphatic rings. The minimum absolute atomic E-state index is 0.0375. The largest absolute Gasteiger partial charge is 0.378 e. The van der Waals surface area contributed by atoms with Crippen LogP contribution in [0.5, 0.6) is 0 Å². The molecule has 1 aromatic heterocycles. The Kier molecular flexibility index (Phi) is 9.74. The Morgan fingerprint density at radius 2 is 1.62 bits per heavy atom. The monoisotopic (exact) mass is 768 g/mol. The molecule has 5 amide bonds. The number of hydrogen-bond acceptors (Lipinski definition) is 10. The van der Waals surface area contributed by atoms with E-state index in [0.29, 0.717) is 54.2 Å². The van der Waals surface area contributed by atoms with Crippen molar-refractivity contribution in [2.45, 2.75) is 62.9 Å². The fourth-order valence-electron chi connectivity index (χ4n) is 9.24. The average Bonchev–Trinajstić information content (AvgIpc) is 3.44. The summed E-state index contributed by atoms with van der Waals surface area (Å²) in [5, 5.41) is 9.92. The maximum atomic E-state index is 13.7. The highest BCUT2D eigenvalue weighted by Crippen LogP contribution is 2.44. The summed E-state index contributed by atoms with van der Waals surface area (Å²) in [6.45, 7) is 4.46. The fraction of sp³-hybridized carbons (Fsp3) is 0.475. The number of aromatic nitrogens is 2. The summed E-state index contributed by atoms with van der Waals surface area (Å²) in [5.74, 6) is -1.73. The number of imide groups is 2. The number of nitrogens with one attached hydrogen (secondary N) is 2. The molecule has 4 saturated heterocycles. The normalized spacial score (nSPS) is 24.3. The molecule has 0 radical (unpaired) electrons. The lowest BCUT2D eigenvalue weighted by Gasteiger charge is -2.47. The number of likely N-dealkylation sites (tertiary alicyclic amines) is 2. The Morgan fingerprint density at radius 3 is 2.33 bits per heavy atom. The first-order valence-corrected chi connectivity index (χ1v) is 19.4. The summed E-state index contributed by atoms with van der Waals surface area (Å²) >= 11 is 6.32. The van der Waals surface area contributed by atoms with Gasteiger partial charge in [-0.1, -0.05) is 29.8 Å². The van der Waals surface area contributed by atoms with Crippen molar-refractivity contribution in [1.29, 1.82) is 0 Å². The average molecular weight is 769 g/mol. The van der Waals surface area contributed by atoms with Crippen molar-refractivity contribution in [3.63, 3.8) is 0 Å². The fourth-order valence-corrected chi connectivity index (χ4v) is 9.47. The lowest BCUT2D eigenvalue weighted by Crippen LogP contribution is -2.54. The second kappa shape index (κ2) is 14.5. The van der Waals surface area contributed by atoms with Crippen LogP contribution in [-0.4, -0.2) is 112 Å². The van der Waals surface area contributed by atoms with Crippen molar-refractivity contribution < 1.29 is 24.0 Å². The molecule has 14 nitrogen and oxygen atoms in total. The molecule has 8 rings (SSSR count). The summed E-state index contributed by atoms with van der Waals surface area (Å²) in [6, 6.07) is 12.3.